The number of aliphatic imine (C=N–C) groups is 1. The van der Waals surface area contributed by atoms with E-state index in [2.05, 4.69) is 20.5 Å². The number of para-hydroxylation sites is 1. The summed E-state index contributed by atoms with van der Waals surface area (Å²) in [4.78, 5) is 20.1. The fourth-order valence-corrected chi connectivity index (χ4v) is 2.67. The van der Waals surface area contributed by atoms with Crippen molar-refractivity contribution < 1.29 is 18.0 Å². The molecule has 0 saturated carbocycles. The summed E-state index contributed by atoms with van der Waals surface area (Å²) in [6.45, 7) is 2.41. The van der Waals surface area contributed by atoms with Gasteiger partial charge in [-0.05, 0) is 12.1 Å². The van der Waals surface area contributed by atoms with Crippen LogP contribution < -0.4 is 15.5 Å². The van der Waals surface area contributed by atoms with Crippen LogP contribution in [-0.2, 0) is 4.79 Å². The van der Waals surface area contributed by atoms with Crippen molar-refractivity contribution in [2.45, 2.75) is 12.6 Å². The van der Waals surface area contributed by atoms with Gasteiger partial charge in [-0.25, -0.2) is 0 Å². The number of alkyl halides is 3. The van der Waals surface area contributed by atoms with Gasteiger partial charge >= 0.3 is 6.18 Å². The zero-order valence-electron chi connectivity index (χ0n) is 14.7. The third-order valence-corrected chi connectivity index (χ3v) is 4.09. The summed E-state index contributed by atoms with van der Waals surface area (Å²) in [6, 6.07) is 10.00. The SMILES string of the molecule is CN=C(NCCC(F)(F)F)NCC(=O)N1CCN(c2ccccc2)CC1. The standard InChI is InChI=1S/C17H24F3N5O/c1-21-16(22-8-7-17(18,19)20)23-13-15(26)25-11-9-24(10-12-25)14-5-3-2-4-6-14/h2-6H,7-13H2,1H3,(H2,21,22,23). The van der Waals surface area contributed by atoms with Crippen LogP contribution in [0.15, 0.2) is 35.3 Å². The highest BCUT2D eigenvalue weighted by molar-refractivity contribution is 5.86. The van der Waals surface area contributed by atoms with E-state index in [-0.39, 0.29) is 25.0 Å². The highest BCUT2D eigenvalue weighted by atomic mass is 19.4. The zero-order chi connectivity index (χ0) is 19.0. The third-order valence-electron chi connectivity index (χ3n) is 4.09. The molecular weight excluding hydrogens is 347 g/mol. The fourth-order valence-electron chi connectivity index (χ4n) is 2.67. The number of hydrogen-bond acceptors (Lipinski definition) is 3. The maximum absolute atomic E-state index is 12.3. The third kappa shape index (κ3) is 6.45. The van der Waals surface area contributed by atoms with Crippen molar-refractivity contribution in [1.29, 1.82) is 0 Å². The summed E-state index contributed by atoms with van der Waals surface area (Å²) in [6.07, 6.45) is -5.18. The first-order chi connectivity index (χ1) is 12.4. The molecular formula is C17H24F3N5O. The number of guanidine groups is 1. The zero-order valence-corrected chi connectivity index (χ0v) is 14.7. The lowest BCUT2D eigenvalue weighted by molar-refractivity contribution is -0.133. The molecule has 1 aliphatic rings. The Kier molecular flexibility index (Phi) is 7.11. The largest absolute Gasteiger partial charge is 0.390 e. The van der Waals surface area contributed by atoms with E-state index in [1.807, 2.05) is 30.3 Å². The van der Waals surface area contributed by atoms with Crippen molar-refractivity contribution in [2.24, 2.45) is 4.99 Å². The topological polar surface area (TPSA) is 60.0 Å². The van der Waals surface area contributed by atoms with Gasteiger partial charge in [0, 0.05) is 45.5 Å². The second-order valence-electron chi connectivity index (χ2n) is 5.92. The van der Waals surface area contributed by atoms with Crippen molar-refractivity contribution in [3.05, 3.63) is 30.3 Å². The Morgan fingerprint density at radius 2 is 1.77 bits per heavy atom. The molecule has 0 bridgehead atoms. The van der Waals surface area contributed by atoms with Gasteiger partial charge < -0.3 is 20.4 Å². The number of hydrogen-bond donors (Lipinski definition) is 2. The number of amides is 1. The molecule has 1 saturated heterocycles. The Hall–Kier alpha value is -2.45. The van der Waals surface area contributed by atoms with Crippen LogP contribution in [0.25, 0.3) is 0 Å². The minimum absolute atomic E-state index is 0.00295. The lowest BCUT2D eigenvalue weighted by Crippen LogP contribution is -2.52. The number of halogens is 3. The first-order valence-electron chi connectivity index (χ1n) is 8.48. The summed E-state index contributed by atoms with van der Waals surface area (Å²) in [5.74, 6) is 0.0852. The van der Waals surface area contributed by atoms with Gasteiger partial charge in [-0.3, -0.25) is 9.79 Å². The summed E-state index contributed by atoms with van der Waals surface area (Å²) < 4.78 is 36.5. The smallest absolute Gasteiger partial charge is 0.368 e. The number of anilines is 1. The second-order valence-corrected chi connectivity index (χ2v) is 5.92. The normalized spacial score (nSPS) is 15.8. The molecule has 2 rings (SSSR count). The van der Waals surface area contributed by atoms with E-state index in [0.29, 0.717) is 13.1 Å². The monoisotopic (exact) mass is 371 g/mol. The molecule has 6 nitrogen and oxygen atoms in total. The summed E-state index contributed by atoms with van der Waals surface area (Å²) in [7, 11) is 1.45. The van der Waals surface area contributed by atoms with Crippen molar-refractivity contribution in [2.75, 3.05) is 51.2 Å². The minimum Gasteiger partial charge on any atom is -0.368 e. The Balaban J connectivity index is 1.71. The van der Waals surface area contributed by atoms with Crippen LogP contribution in [0.5, 0.6) is 0 Å². The lowest BCUT2D eigenvalue weighted by atomic mass is 10.2. The molecule has 1 aromatic rings. The quantitative estimate of drug-likeness (QED) is 0.608. The molecule has 1 fully saturated rings. The maximum Gasteiger partial charge on any atom is 0.390 e. The van der Waals surface area contributed by atoms with E-state index in [1.165, 1.54) is 7.05 Å². The average molecular weight is 371 g/mol. The number of rotatable bonds is 5. The van der Waals surface area contributed by atoms with Gasteiger partial charge in [0.1, 0.15) is 0 Å². The summed E-state index contributed by atoms with van der Waals surface area (Å²) >= 11 is 0. The lowest BCUT2D eigenvalue weighted by Gasteiger charge is -2.36. The van der Waals surface area contributed by atoms with E-state index in [4.69, 9.17) is 0 Å². The number of carbonyl (C=O) groups excluding carboxylic acids is 1. The molecule has 0 spiro atoms. The number of nitrogens with zero attached hydrogens (tertiary/aromatic N) is 3. The first kappa shape index (κ1) is 19.9. The number of nitrogens with one attached hydrogen (secondary N) is 2. The van der Waals surface area contributed by atoms with Crippen molar-refractivity contribution in [3.63, 3.8) is 0 Å². The Morgan fingerprint density at radius 1 is 1.12 bits per heavy atom. The molecule has 0 aromatic heterocycles. The summed E-state index contributed by atoms with van der Waals surface area (Å²) in [5, 5.41) is 5.32. The summed E-state index contributed by atoms with van der Waals surface area (Å²) in [5.41, 5.74) is 1.13. The number of benzene rings is 1. The van der Waals surface area contributed by atoms with E-state index in [0.717, 1.165) is 18.8 Å². The Bertz CT molecular complexity index is 598. The molecule has 0 atom stereocenters. The molecule has 144 valence electrons. The minimum atomic E-state index is -4.22. The van der Waals surface area contributed by atoms with E-state index in [9.17, 15) is 18.0 Å². The van der Waals surface area contributed by atoms with Gasteiger partial charge in [0.05, 0.1) is 13.0 Å². The second kappa shape index (κ2) is 9.30. The van der Waals surface area contributed by atoms with Crippen molar-refractivity contribution >= 4 is 17.6 Å². The van der Waals surface area contributed by atoms with Gasteiger partial charge in [0.25, 0.3) is 0 Å². The van der Waals surface area contributed by atoms with Gasteiger partial charge in [-0.1, -0.05) is 18.2 Å². The van der Waals surface area contributed by atoms with Crippen LogP contribution in [0, 0.1) is 0 Å². The van der Waals surface area contributed by atoms with Crippen LogP contribution in [0.3, 0.4) is 0 Å². The van der Waals surface area contributed by atoms with Crippen LogP contribution >= 0.6 is 0 Å². The molecule has 1 heterocycles. The van der Waals surface area contributed by atoms with Crippen LogP contribution in [0.1, 0.15) is 6.42 Å². The molecule has 2 N–H and O–H groups in total. The van der Waals surface area contributed by atoms with Crippen LogP contribution in [-0.4, -0.2) is 69.3 Å². The van der Waals surface area contributed by atoms with Crippen molar-refractivity contribution in [1.82, 2.24) is 15.5 Å². The van der Waals surface area contributed by atoms with Gasteiger partial charge in [-0.2, -0.15) is 13.2 Å². The van der Waals surface area contributed by atoms with E-state index < -0.39 is 12.6 Å². The van der Waals surface area contributed by atoms with Gasteiger partial charge in [0.15, 0.2) is 5.96 Å². The highest BCUT2D eigenvalue weighted by Gasteiger charge is 2.26. The van der Waals surface area contributed by atoms with Crippen LogP contribution in [0.4, 0.5) is 18.9 Å². The molecule has 1 aromatic carbocycles. The van der Waals surface area contributed by atoms with Crippen LogP contribution in [0.2, 0.25) is 0 Å². The van der Waals surface area contributed by atoms with Crippen molar-refractivity contribution in [3.8, 4) is 0 Å². The molecule has 1 amide bonds. The number of carbonyl (C=O) groups is 1. The molecule has 0 aliphatic carbocycles. The van der Waals surface area contributed by atoms with Gasteiger partial charge in [0.2, 0.25) is 5.91 Å². The first-order valence-corrected chi connectivity index (χ1v) is 8.48. The Labute approximate surface area is 151 Å². The number of piperazine rings is 1. The predicted octanol–water partition coefficient (Wildman–Crippen LogP) is 1.45. The molecule has 0 radical (unpaired) electrons. The molecule has 1 aliphatic heterocycles. The predicted molar refractivity (Wildman–Crippen MR) is 95.3 cm³/mol. The van der Waals surface area contributed by atoms with E-state index in [1.54, 1.807) is 4.90 Å². The Morgan fingerprint density at radius 3 is 2.35 bits per heavy atom. The molecule has 9 heteroatoms. The molecule has 0 unspecified atom stereocenters. The molecule has 26 heavy (non-hydrogen) atoms. The maximum atomic E-state index is 12.3. The highest BCUT2D eigenvalue weighted by Crippen LogP contribution is 2.18. The van der Waals surface area contributed by atoms with E-state index >= 15 is 0 Å². The van der Waals surface area contributed by atoms with Gasteiger partial charge in [-0.15, -0.1) is 0 Å². The fraction of sp³-hybridized carbons (Fsp3) is 0.529. The average Bonchev–Trinajstić information content (AvgIpc) is 2.64.